The van der Waals surface area contributed by atoms with Crippen molar-refractivity contribution in [1.29, 1.82) is 0 Å². The van der Waals surface area contributed by atoms with E-state index < -0.39 is 0 Å². The van der Waals surface area contributed by atoms with Crippen molar-refractivity contribution in [3.05, 3.63) is 24.3 Å². The largest absolute Gasteiger partial charge is 0.397 e. The SMILES string of the molecule is CC(C)C(CCO)Nc1ccccc1N. The summed E-state index contributed by atoms with van der Waals surface area (Å²) in [6.45, 7) is 4.46. The second kappa shape index (κ2) is 5.61. The molecule has 0 saturated carbocycles. The number of aliphatic hydroxyl groups is 1. The molecule has 1 aromatic rings. The van der Waals surface area contributed by atoms with Gasteiger partial charge >= 0.3 is 0 Å². The molecule has 1 atom stereocenters. The number of aliphatic hydroxyl groups excluding tert-OH is 1. The molecule has 0 heterocycles. The Bertz CT molecular complexity index is 299. The fourth-order valence-electron chi connectivity index (χ4n) is 1.54. The van der Waals surface area contributed by atoms with Gasteiger partial charge in [0, 0.05) is 12.6 Å². The summed E-state index contributed by atoms with van der Waals surface area (Å²) in [5.41, 5.74) is 7.54. The fourth-order valence-corrected chi connectivity index (χ4v) is 1.54. The summed E-state index contributed by atoms with van der Waals surface area (Å²) in [5, 5.41) is 12.3. The van der Waals surface area contributed by atoms with Crippen LogP contribution >= 0.6 is 0 Å². The van der Waals surface area contributed by atoms with Gasteiger partial charge in [0.25, 0.3) is 0 Å². The molecule has 0 fully saturated rings. The molecule has 0 aliphatic carbocycles. The van der Waals surface area contributed by atoms with Gasteiger partial charge < -0.3 is 16.2 Å². The van der Waals surface area contributed by atoms with Crippen LogP contribution in [-0.2, 0) is 0 Å². The second-order valence-corrected chi connectivity index (χ2v) is 4.09. The van der Waals surface area contributed by atoms with E-state index >= 15 is 0 Å². The number of hydrogen-bond donors (Lipinski definition) is 3. The number of hydrogen-bond acceptors (Lipinski definition) is 3. The number of para-hydroxylation sites is 2. The van der Waals surface area contributed by atoms with Crippen LogP contribution in [0.15, 0.2) is 24.3 Å². The Morgan fingerprint density at radius 1 is 1.33 bits per heavy atom. The van der Waals surface area contributed by atoms with Gasteiger partial charge in [0.2, 0.25) is 0 Å². The van der Waals surface area contributed by atoms with Crippen LogP contribution in [0.5, 0.6) is 0 Å². The van der Waals surface area contributed by atoms with Gasteiger partial charge in [0.05, 0.1) is 11.4 Å². The van der Waals surface area contributed by atoms with Gasteiger partial charge in [-0.25, -0.2) is 0 Å². The molecule has 4 N–H and O–H groups in total. The minimum atomic E-state index is 0.197. The van der Waals surface area contributed by atoms with Crippen LogP contribution in [0.4, 0.5) is 11.4 Å². The van der Waals surface area contributed by atoms with Crippen LogP contribution in [0.25, 0.3) is 0 Å². The first-order chi connectivity index (χ1) is 7.15. The topological polar surface area (TPSA) is 58.3 Å². The van der Waals surface area contributed by atoms with Gasteiger partial charge in [-0.15, -0.1) is 0 Å². The first kappa shape index (κ1) is 11.9. The van der Waals surface area contributed by atoms with Crippen LogP contribution in [0.2, 0.25) is 0 Å². The third-order valence-electron chi connectivity index (χ3n) is 2.55. The Morgan fingerprint density at radius 2 is 2.00 bits per heavy atom. The minimum Gasteiger partial charge on any atom is -0.397 e. The van der Waals surface area contributed by atoms with Crippen LogP contribution in [0, 0.1) is 5.92 Å². The van der Waals surface area contributed by atoms with Crippen molar-refractivity contribution in [2.75, 3.05) is 17.7 Å². The van der Waals surface area contributed by atoms with Crippen molar-refractivity contribution < 1.29 is 5.11 Å². The van der Waals surface area contributed by atoms with Crippen molar-refractivity contribution in [1.82, 2.24) is 0 Å². The molecular weight excluding hydrogens is 188 g/mol. The van der Waals surface area contributed by atoms with Crippen LogP contribution in [0.3, 0.4) is 0 Å². The number of nitrogen functional groups attached to an aromatic ring is 1. The third-order valence-corrected chi connectivity index (χ3v) is 2.55. The molecule has 0 saturated heterocycles. The van der Waals surface area contributed by atoms with Crippen molar-refractivity contribution >= 4 is 11.4 Å². The molecule has 0 aliphatic heterocycles. The third kappa shape index (κ3) is 3.44. The van der Waals surface area contributed by atoms with E-state index in [4.69, 9.17) is 10.8 Å². The van der Waals surface area contributed by atoms with Gasteiger partial charge in [-0.3, -0.25) is 0 Å². The van der Waals surface area contributed by atoms with Gasteiger partial charge in [-0.1, -0.05) is 26.0 Å². The highest BCUT2D eigenvalue weighted by atomic mass is 16.3. The molecule has 1 rings (SSSR count). The molecule has 0 radical (unpaired) electrons. The van der Waals surface area contributed by atoms with Crippen LogP contribution in [-0.4, -0.2) is 17.8 Å². The minimum absolute atomic E-state index is 0.197. The van der Waals surface area contributed by atoms with E-state index in [0.717, 1.165) is 17.8 Å². The highest BCUT2D eigenvalue weighted by Crippen LogP contribution is 2.20. The molecule has 0 aliphatic rings. The van der Waals surface area contributed by atoms with E-state index in [1.165, 1.54) is 0 Å². The van der Waals surface area contributed by atoms with E-state index in [1.807, 2.05) is 24.3 Å². The number of benzene rings is 1. The van der Waals surface area contributed by atoms with E-state index in [9.17, 15) is 0 Å². The summed E-state index contributed by atoms with van der Waals surface area (Å²) in [5.74, 6) is 0.469. The molecular formula is C12H20N2O. The lowest BCUT2D eigenvalue weighted by Gasteiger charge is -2.23. The molecule has 0 aromatic heterocycles. The Labute approximate surface area is 91.3 Å². The molecule has 3 heteroatoms. The van der Waals surface area contributed by atoms with Crippen molar-refractivity contribution in [2.24, 2.45) is 5.92 Å². The Morgan fingerprint density at radius 3 is 2.53 bits per heavy atom. The summed E-state index contributed by atoms with van der Waals surface area (Å²) >= 11 is 0. The number of nitrogens with one attached hydrogen (secondary N) is 1. The fraction of sp³-hybridized carbons (Fsp3) is 0.500. The summed E-state index contributed by atoms with van der Waals surface area (Å²) < 4.78 is 0. The average molecular weight is 208 g/mol. The highest BCUT2D eigenvalue weighted by molar-refractivity contribution is 5.65. The predicted octanol–water partition coefficient (Wildman–Crippen LogP) is 2.09. The van der Waals surface area contributed by atoms with Crippen molar-refractivity contribution in [3.8, 4) is 0 Å². The molecule has 0 spiro atoms. The Kier molecular flexibility index (Phi) is 4.43. The van der Waals surface area contributed by atoms with E-state index in [1.54, 1.807) is 0 Å². The molecule has 1 aromatic carbocycles. The van der Waals surface area contributed by atoms with Crippen LogP contribution < -0.4 is 11.1 Å². The molecule has 84 valence electrons. The molecule has 1 unspecified atom stereocenters. The summed E-state index contributed by atoms with van der Waals surface area (Å²) in [6.07, 6.45) is 0.742. The van der Waals surface area contributed by atoms with Crippen molar-refractivity contribution in [2.45, 2.75) is 26.3 Å². The molecule has 15 heavy (non-hydrogen) atoms. The van der Waals surface area contributed by atoms with Crippen molar-refractivity contribution in [3.63, 3.8) is 0 Å². The van der Waals surface area contributed by atoms with Gasteiger partial charge in [0.15, 0.2) is 0 Å². The molecule has 0 bridgehead atoms. The summed E-state index contributed by atoms with van der Waals surface area (Å²) in [6, 6.07) is 7.96. The van der Waals surface area contributed by atoms with Crippen LogP contribution in [0.1, 0.15) is 20.3 Å². The van der Waals surface area contributed by atoms with E-state index in [2.05, 4.69) is 19.2 Å². The first-order valence-corrected chi connectivity index (χ1v) is 5.37. The van der Waals surface area contributed by atoms with Gasteiger partial charge in [-0.05, 0) is 24.5 Å². The zero-order valence-electron chi connectivity index (χ0n) is 9.40. The summed E-state index contributed by atoms with van der Waals surface area (Å²) in [7, 11) is 0. The molecule has 3 nitrogen and oxygen atoms in total. The quantitative estimate of drug-likeness (QED) is 0.649. The van der Waals surface area contributed by atoms with Gasteiger partial charge in [-0.2, -0.15) is 0 Å². The maximum absolute atomic E-state index is 8.96. The van der Waals surface area contributed by atoms with Gasteiger partial charge in [0.1, 0.15) is 0 Å². The highest BCUT2D eigenvalue weighted by Gasteiger charge is 2.13. The first-order valence-electron chi connectivity index (χ1n) is 5.37. The number of nitrogens with two attached hydrogens (primary N) is 1. The number of rotatable bonds is 5. The summed E-state index contributed by atoms with van der Waals surface area (Å²) in [4.78, 5) is 0. The monoisotopic (exact) mass is 208 g/mol. The predicted molar refractivity (Wildman–Crippen MR) is 64.8 cm³/mol. The molecule has 0 amide bonds. The average Bonchev–Trinajstić information content (AvgIpc) is 2.20. The maximum atomic E-state index is 8.96. The Balaban J connectivity index is 2.69. The lowest BCUT2D eigenvalue weighted by molar-refractivity contribution is 0.267. The zero-order chi connectivity index (χ0) is 11.3. The standard InChI is InChI=1S/C12H20N2O/c1-9(2)11(7-8-15)14-12-6-4-3-5-10(12)13/h3-6,9,11,14-15H,7-8,13H2,1-2H3. The smallest absolute Gasteiger partial charge is 0.0576 e. The van der Waals surface area contributed by atoms with E-state index in [-0.39, 0.29) is 12.6 Å². The second-order valence-electron chi connectivity index (χ2n) is 4.09. The zero-order valence-corrected chi connectivity index (χ0v) is 9.40. The Hall–Kier alpha value is -1.22. The maximum Gasteiger partial charge on any atom is 0.0576 e. The lowest BCUT2D eigenvalue weighted by atomic mass is 10.0. The number of anilines is 2. The normalized spacial score (nSPS) is 12.8. The lowest BCUT2D eigenvalue weighted by Crippen LogP contribution is -2.27. The van der Waals surface area contributed by atoms with E-state index in [0.29, 0.717) is 5.92 Å².